The summed E-state index contributed by atoms with van der Waals surface area (Å²) in [6, 6.07) is 2.93. The Morgan fingerprint density at radius 3 is 2.60 bits per heavy atom. The number of hydrogen-bond acceptors (Lipinski definition) is 1. The van der Waals surface area contributed by atoms with E-state index in [1.165, 1.54) is 0 Å². The minimum atomic E-state index is -2.71. The number of halogens is 3. The monoisotopic (exact) mass is 217 g/mol. The topological polar surface area (TPSA) is 29.1 Å². The molecule has 1 rings (SSSR count). The zero-order valence-corrected chi connectivity index (χ0v) is 8.06. The third-order valence-corrected chi connectivity index (χ3v) is 1.84. The number of carbonyl (C=O) groups excluding carboxylic acids is 1. The Kier molecular flexibility index (Phi) is 3.71. The number of amides is 1. The molecule has 1 N–H and O–H groups in total. The summed E-state index contributed by atoms with van der Waals surface area (Å²) < 4.78 is 37.5. The van der Waals surface area contributed by atoms with Crippen LogP contribution in [0.2, 0.25) is 0 Å². The smallest absolute Gasteiger partial charge is 0.263 e. The molecular weight excluding hydrogens is 207 g/mol. The van der Waals surface area contributed by atoms with Gasteiger partial charge in [-0.15, -0.1) is 0 Å². The fourth-order valence-corrected chi connectivity index (χ4v) is 1.01. The predicted molar refractivity (Wildman–Crippen MR) is 50.3 cm³/mol. The summed E-state index contributed by atoms with van der Waals surface area (Å²) in [5.74, 6) is -1.21. The number of benzene rings is 1. The van der Waals surface area contributed by atoms with Crippen molar-refractivity contribution in [3.05, 3.63) is 29.6 Å². The average molecular weight is 217 g/mol. The first-order valence-electron chi connectivity index (χ1n) is 4.42. The Morgan fingerprint density at radius 2 is 2.13 bits per heavy atom. The zero-order valence-electron chi connectivity index (χ0n) is 8.06. The van der Waals surface area contributed by atoms with Gasteiger partial charge in [0.05, 0.1) is 5.69 Å². The summed E-state index contributed by atoms with van der Waals surface area (Å²) in [5, 5.41) is 2.27. The van der Waals surface area contributed by atoms with E-state index >= 15 is 0 Å². The van der Waals surface area contributed by atoms with Gasteiger partial charge in [0.25, 0.3) is 6.43 Å². The van der Waals surface area contributed by atoms with Crippen LogP contribution in [0.15, 0.2) is 18.2 Å². The fraction of sp³-hybridized carbons (Fsp3) is 0.300. The summed E-state index contributed by atoms with van der Waals surface area (Å²) in [4.78, 5) is 10.9. The van der Waals surface area contributed by atoms with Gasteiger partial charge >= 0.3 is 0 Å². The third kappa shape index (κ3) is 2.97. The van der Waals surface area contributed by atoms with E-state index in [1.807, 2.05) is 0 Å². The molecule has 0 spiro atoms. The van der Waals surface area contributed by atoms with Gasteiger partial charge in [0.1, 0.15) is 5.82 Å². The lowest BCUT2D eigenvalue weighted by atomic mass is 10.2. The number of anilines is 1. The van der Waals surface area contributed by atoms with Gasteiger partial charge in [0, 0.05) is 12.0 Å². The largest absolute Gasteiger partial charge is 0.324 e. The molecule has 1 aromatic carbocycles. The molecule has 1 aromatic rings. The molecule has 0 heterocycles. The molecule has 0 fully saturated rings. The molecule has 0 unspecified atom stereocenters. The Balaban J connectivity index is 2.88. The second-order valence-corrected chi connectivity index (χ2v) is 2.94. The van der Waals surface area contributed by atoms with Gasteiger partial charge in [0.15, 0.2) is 0 Å². The first kappa shape index (κ1) is 11.6. The van der Waals surface area contributed by atoms with Crippen LogP contribution in [0.5, 0.6) is 0 Å². The Morgan fingerprint density at radius 1 is 1.47 bits per heavy atom. The van der Waals surface area contributed by atoms with Crippen molar-refractivity contribution in [3.63, 3.8) is 0 Å². The number of nitrogens with one attached hydrogen (secondary N) is 1. The number of hydrogen-bond donors (Lipinski definition) is 1. The minimum absolute atomic E-state index is 0.0775. The van der Waals surface area contributed by atoms with Crippen molar-refractivity contribution in [2.75, 3.05) is 5.32 Å². The van der Waals surface area contributed by atoms with Gasteiger partial charge < -0.3 is 5.32 Å². The molecule has 1 amide bonds. The molecule has 2 nitrogen and oxygen atoms in total. The van der Waals surface area contributed by atoms with Crippen LogP contribution in [-0.4, -0.2) is 5.91 Å². The molecule has 0 aliphatic heterocycles. The van der Waals surface area contributed by atoms with Crippen molar-refractivity contribution in [2.45, 2.75) is 19.8 Å². The van der Waals surface area contributed by atoms with Gasteiger partial charge in [-0.1, -0.05) is 13.0 Å². The second-order valence-electron chi connectivity index (χ2n) is 2.94. The SMILES string of the molecule is CCC(=O)Nc1ccc(C(F)F)cc1F. The van der Waals surface area contributed by atoms with Crippen LogP contribution in [0.25, 0.3) is 0 Å². The molecule has 0 atom stereocenters. The van der Waals surface area contributed by atoms with Crippen LogP contribution in [0.1, 0.15) is 25.3 Å². The first-order chi connectivity index (χ1) is 7.04. The Labute approximate surface area is 85.1 Å². The van der Waals surface area contributed by atoms with Gasteiger partial charge in [-0.05, 0) is 12.1 Å². The van der Waals surface area contributed by atoms with E-state index in [0.717, 1.165) is 18.2 Å². The molecule has 15 heavy (non-hydrogen) atoms. The highest BCUT2D eigenvalue weighted by atomic mass is 19.3. The van der Waals surface area contributed by atoms with Gasteiger partial charge in [-0.2, -0.15) is 0 Å². The lowest BCUT2D eigenvalue weighted by Gasteiger charge is -2.06. The maximum atomic E-state index is 13.2. The lowest BCUT2D eigenvalue weighted by molar-refractivity contribution is -0.115. The normalized spacial score (nSPS) is 10.5. The van der Waals surface area contributed by atoms with Crippen LogP contribution in [-0.2, 0) is 4.79 Å². The van der Waals surface area contributed by atoms with E-state index in [2.05, 4.69) is 5.32 Å². The van der Waals surface area contributed by atoms with E-state index < -0.39 is 17.8 Å². The minimum Gasteiger partial charge on any atom is -0.324 e. The van der Waals surface area contributed by atoms with Crippen molar-refractivity contribution in [1.29, 1.82) is 0 Å². The summed E-state index contributed by atoms with van der Waals surface area (Å²) >= 11 is 0. The van der Waals surface area contributed by atoms with E-state index in [0.29, 0.717) is 0 Å². The Bertz CT molecular complexity index is 366. The lowest BCUT2D eigenvalue weighted by Crippen LogP contribution is -2.10. The molecule has 0 saturated heterocycles. The summed E-state index contributed by atoms with van der Waals surface area (Å²) in [7, 11) is 0. The summed E-state index contributed by atoms with van der Waals surface area (Å²) in [6.45, 7) is 1.61. The highest BCUT2D eigenvalue weighted by Crippen LogP contribution is 2.23. The maximum absolute atomic E-state index is 13.2. The first-order valence-corrected chi connectivity index (χ1v) is 4.42. The fourth-order valence-electron chi connectivity index (χ4n) is 1.01. The van der Waals surface area contributed by atoms with Crippen LogP contribution >= 0.6 is 0 Å². The van der Waals surface area contributed by atoms with Gasteiger partial charge in [-0.3, -0.25) is 4.79 Å². The zero-order chi connectivity index (χ0) is 11.4. The molecule has 0 radical (unpaired) electrons. The van der Waals surface area contributed by atoms with E-state index in [9.17, 15) is 18.0 Å². The highest BCUT2D eigenvalue weighted by molar-refractivity contribution is 5.90. The van der Waals surface area contributed by atoms with Crippen molar-refractivity contribution in [1.82, 2.24) is 0 Å². The van der Waals surface area contributed by atoms with E-state index in [-0.39, 0.29) is 18.0 Å². The summed E-state index contributed by atoms with van der Waals surface area (Å²) in [5.41, 5.74) is -0.478. The molecule has 0 saturated carbocycles. The quantitative estimate of drug-likeness (QED) is 0.828. The Hall–Kier alpha value is -1.52. The van der Waals surface area contributed by atoms with Crippen molar-refractivity contribution < 1.29 is 18.0 Å². The third-order valence-electron chi connectivity index (χ3n) is 1.84. The molecule has 82 valence electrons. The van der Waals surface area contributed by atoms with Crippen molar-refractivity contribution >= 4 is 11.6 Å². The van der Waals surface area contributed by atoms with Crippen molar-refractivity contribution in [3.8, 4) is 0 Å². The van der Waals surface area contributed by atoms with E-state index in [1.54, 1.807) is 6.92 Å². The maximum Gasteiger partial charge on any atom is 0.263 e. The van der Waals surface area contributed by atoms with Crippen LogP contribution in [0.3, 0.4) is 0 Å². The number of rotatable bonds is 3. The predicted octanol–water partition coefficient (Wildman–Crippen LogP) is 3.11. The second kappa shape index (κ2) is 4.82. The van der Waals surface area contributed by atoms with Crippen LogP contribution in [0.4, 0.5) is 18.9 Å². The molecule has 0 aliphatic carbocycles. The summed E-state index contributed by atoms with van der Waals surface area (Å²) in [6.07, 6.45) is -2.51. The molecule has 0 bridgehead atoms. The van der Waals surface area contributed by atoms with Crippen LogP contribution in [0, 0.1) is 5.82 Å². The highest BCUT2D eigenvalue weighted by Gasteiger charge is 2.11. The van der Waals surface area contributed by atoms with Gasteiger partial charge in [-0.25, -0.2) is 13.2 Å². The average Bonchev–Trinajstić information content (AvgIpc) is 2.20. The van der Waals surface area contributed by atoms with Gasteiger partial charge in [0.2, 0.25) is 5.91 Å². The number of carbonyl (C=O) groups is 1. The molecule has 5 heteroatoms. The van der Waals surface area contributed by atoms with E-state index in [4.69, 9.17) is 0 Å². The van der Waals surface area contributed by atoms with Crippen LogP contribution < -0.4 is 5.32 Å². The number of alkyl halides is 2. The molecule has 0 aliphatic rings. The standard InChI is InChI=1S/C10H10F3NO/c1-2-9(15)14-8-4-3-6(10(12)13)5-7(8)11/h3-5,10H,2H2,1H3,(H,14,15). The molecule has 0 aromatic heterocycles. The van der Waals surface area contributed by atoms with Crippen molar-refractivity contribution in [2.24, 2.45) is 0 Å². The molecular formula is C10H10F3NO.